The minimum atomic E-state index is -4.46. The van der Waals surface area contributed by atoms with Crippen molar-refractivity contribution in [3.8, 4) is 11.3 Å². The van der Waals surface area contributed by atoms with Gasteiger partial charge >= 0.3 is 6.18 Å². The first-order valence-corrected chi connectivity index (χ1v) is 6.14. The second-order valence-corrected chi connectivity index (χ2v) is 4.18. The Morgan fingerprint density at radius 3 is 2.71 bits per heavy atom. The van der Waals surface area contributed by atoms with Crippen LogP contribution in [0.25, 0.3) is 17.0 Å². The fraction of sp³-hybridized carbons (Fsp3) is 0.214. The Balaban J connectivity index is 2.38. The van der Waals surface area contributed by atoms with Gasteiger partial charge in [0.2, 0.25) is 0 Å². The standard InChI is InChI=1S/C14H13F3N4/c1-3-11(8-18-2)21-9-10(7-19-21)12-5-4-6-13(20-12)14(15,16)17/h3-9H,1-2H3/b11-3+,18-8?. The largest absolute Gasteiger partial charge is 0.433 e. The van der Waals surface area contributed by atoms with Gasteiger partial charge in [-0.1, -0.05) is 12.1 Å². The average molecular weight is 294 g/mol. The topological polar surface area (TPSA) is 43.1 Å². The van der Waals surface area contributed by atoms with Crippen molar-refractivity contribution in [2.45, 2.75) is 13.1 Å². The summed E-state index contributed by atoms with van der Waals surface area (Å²) >= 11 is 0. The molecule has 0 amide bonds. The number of nitrogens with zero attached hydrogens (tertiary/aromatic N) is 4. The molecule has 0 aliphatic carbocycles. The van der Waals surface area contributed by atoms with Crippen molar-refractivity contribution in [1.82, 2.24) is 14.8 Å². The summed E-state index contributed by atoms with van der Waals surface area (Å²) in [5, 5.41) is 4.11. The van der Waals surface area contributed by atoms with Gasteiger partial charge in [0.1, 0.15) is 5.69 Å². The van der Waals surface area contributed by atoms with E-state index in [4.69, 9.17) is 0 Å². The smallest absolute Gasteiger partial charge is 0.294 e. The Morgan fingerprint density at radius 1 is 1.33 bits per heavy atom. The Kier molecular flexibility index (Phi) is 4.21. The van der Waals surface area contributed by atoms with Crippen molar-refractivity contribution in [3.63, 3.8) is 0 Å². The number of aliphatic imine (C=N–C) groups is 1. The van der Waals surface area contributed by atoms with E-state index in [1.165, 1.54) is 23.0 Å². The van der Waals surface area contributed by atoms with E-state index >= 15 is 0 Å². The molecule has 0 aromatic carbocycles. The number of aromatic nitrogens is 3. The van der Waals surface area contributed by atoms with E-state index in [9.17, 15) is 13.2 Å². The lowest BCUT2D eigenvalue weighted by atomic mass is 10.2. The van der Waals surface area contributed by atoms with Crippen molar-refractivity contribution >= 4 is 11.9 Å². The molecule has 0 spiro atoms. The van der Waals surface area contributed by atoms with Crippen LogP contribution in [0.3, 0.4) is 0 Å². The molecule has 4 nitrogen and oxygen atoms in total. The lowest BCUT2D eigenvalue weighted by Gasteiger charge is -2.06. The number of halogens is 3. The van der Waals surface area contributed by atoms with Crippen LogP contribution in [0, 0.1) is 0 Å². The van der Waals surface area contributed by atoms with E-state index in [1.54, 1.807) is 25.5 Å². The van der Waals surface area contributed by atoms with Crippen LogP contribution in [0.4, 0.5) is 13.2 Å². The maximum Gasteiger partial charge on any atom is 0.433 e. The van der Waals surface area contributed by atoms with Crippen LogP contribution < -0.4 is 0 Å². The maximum absolute atomic E-state index is 12.7. The number of hydrogen-bond acceptors (Lipinski definition) is 3. The first-order valence-electron chi connectivity index (χ1n) is 6.14. The Labute approximate surface area is 119 Å². The lowest BCUT2D eigenvalue weighted by molar-refractivity contribution is -0.141. The average Bonchev–Trinajstić information content (AvgIpc) is 2.93. The van der Waals surface area contributed by atoms with Crippen LogP contribution in [0.1, 0.15) is 12.6 Å². The van der Waals surface area contributed by atoms with Gasteiger partial charge in [0.15, 0.2) is 0 Å². The quantitative estimate of drug-likeness (QED) is 0.813. The van der Waals surface area contributed by atoms with Gasteiger partial charge in [0.05, 0.1) is 17.6 Å². The molecule has 110 valence electrons. The first-order chi connectivity index (χ1) is 9.95. The van der Waals surface area contributed by atoms with E-state index in [0.717, 1.165) is 11.8 Å². The zero-order valence-corrected chi connectivity index (χ0v) is 11.5. The van der Waals surface area contributed by atoms with Crippen molar-refractivity contribution in [3.05, 3.63) is 42.4 Å². The van der Waals surface area contributed by atoms with Crippen molar-refractivity contribution < 1.29 is 13.2 Å². The molecular weight excluding hydrogens is 281 g/mol. The van der Waals surface area contributed by atoms with E-state index in [-0.39, 0.29) is 5.69 Å². The molecule has 2 rings (SSSR count). The highest BCUT2D eigenvalue weighted by atomic mass is 19.4. The second-order valence-electron chi connectivity index (χ2n) is 4.18. The molecule has 0 atom stereocenters. The predicted octanol–water partition coefficient (Wildman–Crippen LogP) is 3.53. The Bertz CT molecular complexity index is 684. The van der Waals surface area contributed by atoms with E-state index in [0.29, 0.717) is 5.56 Å². The summed E-state index contributed by atoms with van der Waals surface area (Å²) in [6, 6.07) is 3.78. The molecule has 0 aliphatic rings. The molecule has 0 saturated heterocycles. The van der Waals surface area contributed by atoms with Gasteiger partial charge in [-0.05, 0) is 19.1 Å². The van der Waals surface area contributed by atoms with Gasteiger partial charge in [-0.2, -0.15) is 18.3 Å². The van der Waals surface area contributed by atoms with Crippen molar-refractivity contribution in [1.29, 1.82) is 0 Å². The molecule has 0 fully saturated rings. The van der Waals surface area contributed by atoms with Crippen LogP contribution in [0.15, 0.2) is 41.7 Å². The third kappa shape index (κ3) is 3.36. The summed E-state index contributed by atoms with van der Waals surface area (Å²) in [5.74, 6) is 0. The zero-order valence-electron chi connectivity index (χ0n) is 11.5. The Hall–Kier alpha value is -2.44. The summed E-state index contributed by atoms with van der Waals surface area (Å²) in [6.07, 6.45) is 2.02. The van der Waals surface area contributed by atoms with E-state index < -0.39 is 11.9 Å². The molecule has 0 bridgehead atoms. The van der Waals surface area contributed by atoms with Gasteiger partial charge in [-0.25, -0.2) is 9.67 Å². The van der Waals surface area contributed by atoms with E-state index in [1.807, 2.05) is 6.92 Å². The summed E-state index contributed by atoms with van der Waals surface area (Å²) in [5.41, 5.74) is 0.523. The number of pyridine rings is 1. The van der Waals surface area contributed by atoms with Crippen LogP contribution in [0.5, 0.6) is 0 Å². The van der Waals surface area contributed by atoms with Crippen LogP contribution in [-0.2, 0) is 6.18 Å². The fourth-order valence-electron chi connectivity index (χ4n) is 1.75. The molecule has 0 unspecified atom stereocenters. The van der Waals surface area contributed by atoms with E-state index in [2.05, 4.69) is 15.1 Å². The van der Waals surface area contributed by atoms with Crippen LogP contribution >= 0.6 is 0 Å². The minimum Gasteiger partial charge on any atom is -0.294 e. The normalized spacial score (nSPS) is 13.1. The number of allylic oxidation sites excluding steroid dienone is 2. The highest BCUT2D eigenvalue weighted by Gasteiger charge is 2.32. The highest BCUT2D eigenvalue weighted by Crippen LogP contribution is 2.29. The minimum absolute atomic E-state index is 0.222. The molecule has 0 radical (unpaired) electrons. The molecule has 7 heteroatoms. The van der Waals surface area contributed by atoms with Gasteiger partial charge in [0.25, 0.3) is 0 Å². The molecule has 2 aromatic rings. The summed E-state index contributed by atoms with van der Waals surface area (Å²) in [4.78, 5) is 7.52. The summed E-state index contributed by atoms with van der Waals surface area (Å²) < 4.78 is 39.5. The number of rotatable bonds is 3. The maximum atomic E-state index is 12.7. The number of alkyl halides is 3. The van der Waals surface area contributed by atoms with Crippen LogP contribution in [0.2, 0.25) is 0 Å². The third-order valence-electron chi connectivity index (χ3n) is 2.74. The highest BCUT2D eigenvalue weighted by molar-refractivity contribution is 6.01. The molecule has 0 N–H and O–H groups in total. The first kappa shape index (κ1) is 15.0. The lowest BCUT2D eigenvalue weighted by Crippen LogP contribution is -2.07. The fourth-order valence-corrected chi connectivity index (χ4v) is 1.75. The molecule has 21 heavy (non-hydrogen) atoms. The zero-order chi connectivity index (χ0) is 15.5. The van der Waals surface area contributed by atoms with Gasteiger partial charge in [0, 0.05) is 25.0 Å². The monoisotopic (exact) mass is 294 g/mol. The third-order valence-corrected chi connectivity index (χ3v) is 2.74. The van der Waals surface area contributed by atoms with Crippen LogP contribution in [-0.4, -0.2) is 28.0 Å². The molecule has 2 aromatic heterocycles. The second kappa shape index (κ2) is 5.90. The predicted molar refractivity (Wildman–Crippen MR) is 74.8 cm³/mol. The molecular formula is C14H13F3N4. The summed E-state index contributed by atoms with van der Waals surface area (Å²) in [6.45, 7) is 1.82. The van der Waals surface area contributed by atoms with Gasteiger partial charge < -0.3 is 0 Å². The van der Waals surface area contributed by atoms with Crippen molar-refractivity contribution in [2.75, 3.05) is 7.05 Å². The van der Waals surface area contributed by atoms with Gasteiger partial charge in [-0.15, -0.1) is 0 Å². The summed E-state index contributed by atoms with van der Waals surface area (Å²) in [7, 11) is 1.63. The SMILES string of the molecule is C/C=C(\C=NC)n1cc(-c2cccc(C(F)(F)F)n2)cn1. The molecule has 2 heterocycles. The number of hydrogen-bond donors (Lipinski definition) is 0. The Morgan fingerprint density at radius 2 is 2.10 bits per heavy atom. The molecule has 0 aliphatic heterocycles. The van der Waals surface area contributed by atoms with Crippen molar-refractivity contribution in [2.24, 2.45) is 4.99 Å². The molecule has 0 saturated carbocycles. The van der Waals surface area contributed by atoms with Gasteiger partial charge in [-0.3, -0.25) is 4.99 Å².